The highest BCUT2D eigenvalue weighted by Gasteiger charge is 2.01. The van der Waals surface area contributed by atoms with Crippen molar-refractivity contribution in [2.75, 3.05) is 19.6 Å². The fourth-order valence-electron chi connectivity index (χ4n) is 2.43. The zero-order valence-corrected chi connectivity index (χ0v) is 11.6. The second kappa shape index (κ2) is 7.97. The molecule has 0 saturated heterocycles. The summed E-state index contributed by atoms with van der Waals surface area (Å²) in [4.78, 5) is 3.32. The third kappa shape index (κ3) is 4.37. The summed E-state index contributed by atoms with van der Waals surface area (Å²) >= 11 is 0. The van der Waals surface area contributed by atoms with Crippen LogP contribution in [0.3, 0.4) is 0 Å². The molecule has 0 spiro atoms. The number of benzene rings is 1. The van der Waals surface area contributed by atoms with Crippen LogP contribution in [0.25, 0.3) is 10.9 Å². The molecule has 0 aliphatic heterocycles. The summed E-state index contributed by atoms with van der Waals surface area (Å²) in [5.41, 5.74) is 8.12. The van der Waals surface area contributed by atoms with Crippen molar-refractivity contribution in [2.24, 2.45) is 5.73 Å². The molecule has 0 amide bonds. The fourth-order valence-corrected chi connectivity index (χ4v) is 2.43. The summed E-state index contributed by atoms with van der Waals surface area (Å²) in [6.07, 6.45) is 8.20. The lowest BCUT2D eigenvalue weighted by Crippen LogP contribution is -2.18. The van der Waals surface area contributed by atoms with E-state index in [9.17, 15) is 0 Å². The van der Waals surface area contributed by atoms with Crippen LogP contribution in [0.5, 0.6) is 0 Å². The van der Waals surface area contributed by atoms with Gasteiger partial charge in [0.05, 0.1) is 0 Å². The summed E-state index contributed by atoms with van der Waals surface area (Å²) in [7, 11) is 0. The van der Waals surface area contributed by atoms with Crippen LogP contribution in [0, 0.1) is 0 Å². The van der Waals surface area contributed by atoms with E-state index >= 15 is 0 Å². The van der Waals surface area contributed by atoms with Gasteiger partial charge in [0, 0.05) is 17.1 Å². The molecule has 19 heavy (non-hydrogen) atoms. The highest BCUT2D eigenvalue weighted by Crippen LogP contribution is 2.17. The molecule has 104 valence electrons. The second-order valence-electron chi connectivity index (χ2n) is 5.06. The smallest absolute Gasteiger partial charge is 0.0456 e. The number of fused-ring (bicyclic) bond motifs is 1. The number of unbranched alkanes of at least 4 members (excludes halogenated alkanes) is 3. The first kappa shape index (κ1) is 14.1. The molecule has 2 aromatic rings. The van der Waals surface area contributed by atoms with Crippen molar-refractivity contribution < 1.29 is 0 Å². The Hall–Kier alpha value is -1.32. The van der Waals surface area contributed by atoms with Gasteiger partial charge in [-0.2, -0.15) is 0 Å². The van der Waals surface area contributed by atoms with E-state index in [-0.39, 0.29) is 0 Å². The van der Waals surface area contributed by atoms with Crippen LogP contribution >= 0.6 is 0 Å². The number of hydrogen-bond donors (Lipinski definition) is 3. The standard InChI is InChI=1S/C16H25N3/c17-10-5-1-2-6-11-18-12-9-14-13-19-16-8-4-3-7-15(14)16/h3-4,7-8,13,18-19H,1-2,5-6,9-12,17H2. The van der Waals surface area contributed by atoms with Gasteiger partial charge in [0.25, 0.3) is 0 Å². The lowest BCUT2D eigenvalue weighted by Gasteiger charge is -2.04. The van der Waals surface area contributed by atoms with Gasteiger partial charge in [-0.15, -0.1) is 0 Å². The molecule has 3 nitrogen and oxygen atoms in total. The Balaban J connectivity index is 1.63. The largest absolute Gasteiger partial charge is 0.361 e. The van der Waals surface area contributed by atoms with Crippen molar-refractivity contribution >= 4 is 10.9 Å². The van der Waals surface area contributed by atoms with Crippen molar-refractivity contribution in [1.82, 2.24) is 10.3 Å². The SMILES string of the molecule is NCCCCCCNCCc1c[nH]c2ccccc12. The molecule has 0 atom stereocenters. The summed E-state index contributed by atoms with van der Waals surface area (Å²) in [6, 6.07) is 8.49. The summed E-state index contributed by atoms with van der Waals surface area (Å²) in [6.45, 7) is 3.00. The molecule has 2 rings (SSSR count). The van der Waals surface area contributed by atoms with E-state index in [2.05, 4.69) is 40.8 Å². The van der Waals surface area contributed by atoms with Crippen LogP contribution < -0.4 is 11.1 Å². The van der Waals surface area contributed by atoms with Crippen LogP contribution in [-0.4, -0.2) is 24.6 Å². The van der Waals surface area contributed by atoms with Crippen molar-refractivity contribution in [1.29, 1.82) is 0 Å². The van der Waals surface area contributed by atoms with E-state index in [1.807, 2.05) is 0 Å². The first-order valence-electron chi connectivity index (χ1n) is 7.37. The van der Waals surface area contributed by atoms with Gasteiger partial charge >= 0.3 is 0 Å². The Bertz CT molecular complexity index is 476. The van der Waals surface area contributed by atoms with Crippen molar-refractivity contribution in [2.45, 2.75) is 32.1 Å². The monoisotopic (exact) mass is 259 g/mol. The van der Waals surface area contributed by atoms with E-state index in [4.69, 9.17) is 5.73 Å². The maximum Gasteiger partial charge on any atom is 0.0456 e. The molecular weight excluding hydrogens is 234 g/mol. The van der Waals surface area contributed by atoms with Gasteiger partial charge in [0.15, 0.2) is 0 Å². The van der Waals surface area contributed by atoms with E-state index in [1.54, 1.807) is 0 Å². The maximum atomic E-state index is 5.47. The average molecular weight is 259 g/mol. The van der Waals surface area contributed by atoms with Crippen molar-refractivity contribution in [3.05, 3.63) is 36.0 Å². The fraction of sp³-hybridized carbons (Fsp3) is 0.500. The first-order valence-corrected chi connectivity index (χ1v) is 7.37. The van der Waals surface area contributed by atoms with Gasteiger partial charge in [0.2, 0.25) is 0 Å². The Morgan fingerprint density at radius 1 is 1.00 bits per heavy atom. The van der Waals surface area contributed by atoms with Gasteiger partial charge in [0.1, 0.15) is 0 Å². The Kier molecular flexibility index (Phi) is 5.92. The Morgan fingerprint density at radius 2 is 1.84 bits per heavy atom. The third-order valence-electron chi connectivity index (χ3n) is 3.55. The molecule has 0 bridgehead atoms. The quantitative estimate of drug-likeness (QED) is 0.607. The predicted molar refractivity (Wildman–Crippen MR) is 82.4 cm³/mol. The number of nitrogens with two attached hydrogens (primary N) is 1. The van der Waals surface area contributed by atoms with Gasteiger partial charge < -0.3 is 16.0 Å². The third-order valence-corrected chi connectivity index (χ3v) is 3.55. The van der Waals surface area contributed by atoms with E-state index in [0.29, 0.717) is 0 Å². The summed E-state index contributed by atoms with van der Waals surface area (Å²) in [5.74, 6) is 0. The number of H-pyrrole nitrogens is 1. The summed E-state index contributed by atoms with van der Waals surface area (Å²) < 4.78 is 0. The molecule has 1 aromatic carbocycles. The zero-order chi connectivity index (χ0) is 13.3. The molecule has 0 radical (unpaired) electrons. The molecule has 0 saturated carbocycles. The lowest BCUT2D eigenvalue weighted by atomic mass is 10.1. The molecular formula is C16H25N3. The van der Waals surface area contributed by atoms with Gasteiger partial charge in [-0.05, 0) is 50.5 Å². The topological polar surface area (TPSA) is 53.8 Å². The molecule has 0 aliphatic rings. The number of rotatable bonds is 9. The van der Waals surface area contributed by atoms with Gasteiger partial charge in [-0.3, -0.25) is 0 Å². The molecule has 1 aromatic heterocycles. The number of hydrogen-bond acceptors (Lipinski definition) is 2. The number of aromatic amines is 1. The first-order chi connectivity index (χ1) is 9.42. The zero-order valence-electron chi connectivity index (χ0n) is 11.6. The minimum atomic E-state index is 0.827. The Labute approximate surface area is 115 Å². The predicted octanol–water partition coefficient (Wildman–Crippen LogP) is 2.82. The molecule has 0 unspecified atom stereocenters. The number of para-hydroxylation sites is 1. The van der Waals surface area contributed by atoms with Crippen molar-refractivity contribution in [3.63, 3.8) is 0 Å². The number of aromatic nitrogens is 1. The Morgan fingerprint density at radius 3 is 2.74 bits per heavy atom. The normalized spacial score (nSPS) is 11.2. The minimum Gasteiger partial charge on any atom is -0.361 e. The maximum absolute atomic E-state index is 5.47. The van der Waals surface area contributed by atoms with Crippen LogP contribution in [-0.2, 0) is 6.42 Å². The van der Waals surface area contributed by atoms with Gasteiger partial charge in [-0.25, -0.2) is 0 Å². The molecule has 1 heterocycles. The minimum absolute atomic E-state index is 0.827. The van der Waals surface area contributed by atoms with E-state index in [1.165, 1.54) is 35.7 Å². The molecule has 0 fully saturated rings. The van der Waals surface area contributed by atoms with E-state index < -0.39 is 0 Å². The number of nitrogens with one attached hydrogen (secondary N) is 2. The van der Waals surface area contributed by atoms with Crippen LogP contribution in [0.2, 0.25) is 0 Å². The molecule has 3 heteroatoms. The molecule has 4 N–H and O–H groups in total. The summed E-state index contributed by atoms with van der Waals surface area (Å²) in [5, 5.41) is 4.87. The molecule has 0 aliphatic carbocycles. The van der Waals surface area contributed by atoms with Crippen LogP contribution in [0.1, 0.15) is 31.2 Å². The highest BCUT2D eigenvalue weighted by atomic mass is 14.8. The van der Waals surface area contributed by atoms with Crippen LogP contribution in [0.15, 0.2) is 30.5 Å². The lowest BCUT2D eigenvalue weighted by molar-refractivity contribution is 0.591. The highest BCUT2D eigenvalue weighted by molar-refractivity contribution is 5.83. The van der Waals surface area contributed by atoms with E-state index in [0.717, 1.165) is 32.5 Å². The second-order valence-corrected chi connectivity index (χ2v) is 5.06. The van der Waals surface area contributed by atoms with Crippen molar-refractivity contribution in [3.8, 4) is 0 Å². The van der Waals surface area contributed by atoms with Gasteiger partial charge in [-0.1, -0.05) is 31.0 Å². The van der Waals surface area contributed by atoms with Crippen LogP contribution in [0.4, 0.5) is 0 Å². The average Bonchev–Trinajstić information content (AvgIpc) is 2.85.